The van der Waals surface area contributed by atoms with Gasteiger partial charge in [-0.15, -0.1) is 0 Å². The normalized spacial score (nSPS) is 12.3. The Balaban J connectivity index is 1.91. The highest BCUT2D eigenvalue weighted by Crippen LogP contribution is 2.34. The molecule has 0 spiro atoms. The summed E-state index contributed by atoms with van der Waals surface area (Å²) < 4.78 is 114. The number of hydrogen-bond donors (Lipinski definition) is 0. The standard InChI is InChI=1S/C27H25F6NO5S/c1-17(2)15-34(25(35)19-8-10-20(11-9-19)26(28,29)30)16-18-7-12-23(38-3)24(13-18)39-40(36,37)22-6-4-5-21(14-22)27(31,32)33/h4-14,17H,15-16H2,1-3H3. The predicted molar refractivity (Wildman–Crippen MR) is 133 cm³/mol. The van der Waals surface area contributed by atoms with Crippen LogP contribution in [0.4, 0.5) is 26.3 Å². The molecule has 3 rings (SSSR count). The molecule has 216 valence electrons. The molecule has 13 heteroatoms. The average molecular weight is 590 g/mol. The van der Waals surface area contributed by atoms with E-state index in [1.165, 1.54) is 30.2 Å². The summed E-state index contributed by atoms with van der Waals surface area (Å²) in [4.78, 5) is 13.8. The summed E-state index contributed by atoms with van der Waals surface area (Å²) in [5.41, 5.74) is -1.69. The molecular formula is C27H25F6NO5S. The van der Waals surface area contributed by atoms with Crippen molar-refractivity contribution in [3.05, 3.63) is 89.0 Å². The summed E-state index contributed by atoms with van der Waals surface area (Å²) in [5, 5.41) is 0. The van der Waals surface area contributed by atoms with Crippen LogP contribution in [0.3, 0.4) is 0 Å². The van der Waals surface area contributed by atoms with Crippen molar-refractivity contribution in [1.29, 1.82) is 0 Å². The number of hydrogen-bond acceptors (Lipinski definition) is 5. The number of alkyl halides is 6. The SMILES string of the molecule is COc1ccc(CN(CC(C)C)C(=O)c2ccc(C(F)(F)F)cc2)cc1OS(=O)(=O)c1cccc(C(F)(F)F)c1. The zero-order chi connectivity index (χ0) is 29.9. The van der Waals surface area contributed by atoms with E-state index in [0.717, 1.165) is 42.5 Å². The Labute approximate surface area is 227 Å². The topological polar surface area (TPSA) is 72.9 Å². The number of benzene rings is 3. The van der Waals surface area contributed by atoms with Crippen molar-refractivity contribution >= 4 is 16.0 Å². The third-order valence-corrected chi connectivity index (χ3v) is 6.81. The van der Waals surface area contributed by atoms with Crippen LogP contribution in [0.25, 0.3) is 0 Å². The van der Waals surface area contributed by atoms with Gasteiger partial charge in [-0.2, -0.15) is 34.8 Å². The minimum Gasteiger partial charge on any atom is -0.493 e. The van der Waals surface area contributed by atoms with Gasteiger partial charge in [0.25, 0.3) is 5.91 Å². The molecule has 0 saturated heterocycles. The summed E-state index contributed by atoms with van der Waals surface area (Å²) in [6.07, 6.45) is -9.34. The van der Waals surface area contributed by atoms with Crippen LogP contribution in [0.5, 0.6) is 11.5 Å². The van der Waals surface area contributed by atoms with Crippen molar-refractivity contribution in [2.24, 2.45) is 5.92 Å². The van der Waals surface area contributed by atoms with Crippen LogP contribution in [-0.2, 0) is 29.0 Å². The van der Waals surface area contributed by atoms with E-state index in [0.29, 0.717) is 11.6 Å². The quantitative estimate of drug-likeness (QED) is 0.203. The number of ether oxygens (including phenoxy) is 1. The van der Waals surface area contributed by atoms with E-state index < -0.39 is 44.4 Å². The number of nitrogens with zero attached hydrogens (tertiary/aromatic N) is 1. The van der Waals surface area contributed by atoms with Gasteiger partial charge >= 0.3 is 22.5 Å². The molecule has 40 heavy (non-hydrogen) atoms. The Hall–Kier alpha value is -3.74. The van der Waals surface area contributed by atoms with Gasteiger partial charge in [-0.05, 0) is 66.1 Å². The zero-order valence-electron chi connectivity index (χ0n) is 21.5. The number of methoxy groups -OCH3 is 1. The molecule has 0 atom stereocenters. The van der Waals surface area contributed by atoms with Crippen LogP contribution in [0.2, 0.25) is 0 Å². The van der Waals surface area contributed by atoms with Crippen LogP contribution in [-0.4, -0.2) is 32.9 Å². The third kappa shape index (κ3) is 7.68. The van der Waals surface area contributed by atoms with Crippen LogP contribution < -0.4 is 8.92 Å². The molecule has 0 aliphatic heterocycles. The van der Waals surface area contributed by atoms with Gasteiger partial charge in [-0.1, -0.05) is 26.0 Å². The minimum absolute atomic E-state index is 0.0192. The number of rotatable bonds is 9. The van der Waals surface area contributed by atoms with Crippen LogP contribution in [0, 0.1) is 5.92 Å². The first-order chi connectivity index (χ1) is 18.5. The lowest BCUT2D eigenvalue weighted by molar-refractivity contribution is -0.138. The maximum Gasteiger partial charge on any atom is 0.416 e. The van der Waals surface area contributed by atoms with Gasteiger partial charge in [0.1, 0.15) is 4.90 Å². The van der Waals surface area contributed by atoms with Gasteiger partial charge < -0.3 is 13.8 Å². The van der Waals surface area contributed by atoms with Gasteiger partial charge in [0.05, 0.1) is 18.2 Å². The number of carbonyl (C=O) groups is 1. The highest BCUT2D eigenvalue weighted by atomic mass is 32.2. The molecule has 0 fully saturated rings. The molecular weight excluding hydrogens is 564 g/mol. The summed E-state index contributed by atoms with van der Waals surface area (Å²) >= 11 is 0. The predicted octanol–water partition coefficient (Wildman–Crippen LogP) is 6.80. The van der Waals surface area contributed by atoms with Gasteiger partial charge in [0.15, 0.2) is 11.5 Å². The Morgan fingerprint density at radius 3 is 2.02 bits per heavy atom. The van der Waals surface area contributed by atoms with Gasteiger partial charge in [-0.3, -0.25) is 4.79 Å². The van der Waals surface area contributed by atoms with Crippen molar-refractivity contribution in [2.75, 3.05) is 13.7 Å². The monoisotopic (exact) mass is 589 g/mol. The molecule has 3 aromatic rings. The van der Waals surface area contributed by atoms with Gasteiger partial charge in [0.2, 0.25) is 0 Å². The van der Waals surface area contributed by atoms with E-state index >= 15 is 0 Å². The Kier molecular flexibility index (Phi) is 9.07. The molecule has 1 amide bonds. The summed E-state index contributed by atoms with van der Waals surface area (Å²) in [6, 6.07) is 11.0. The Morgan fingerprint density at radius 2 is 1.48 bits per heavy atom. The van der Waals surface area contributed by atoms with Gasteiger partial charge in [0, 0.05) is 18.7 Å². The Bertz CT molecular complexity index is 1450. The van der Waals surface area contributed by atoms with E-state index in [2.05, 4.69) is 0 Å². The van der Waals surface area contributed by atoms with Crippen molar-refractivity contribution in [2.45, 2.75) is 37.6 Å². The third-order valence-electron chi connectivity index (χ3n) is 5.58. The fraction of sp³-hybridized carbons (Fsp3) is 0.296. The lowest BCUT2D eigenvalue weighted by Gasteiger charge is -2.25. The molecule has 0 bridgehead atoms. The molecule has 0 aromatic heterocycles. The maximum atomic E-state index is 13.2. The lowest BCUT2D eigenvalue weighted by atomic mass is 10.1. The van der Waals surface area contributed by atoms with E-state index in [1.807, 2.05) is 13.8 Å². The second-order valence-corrected chi connectivity index (χ2v) is 10.7. The molecule has 0 N–H and O–H groups in total. The Morgan fingerprint density at radius 1 is 0.850 bits per heavy atom. The second-order valence-electron chi connectivity index (χ2n) is 9.20. The number of amides is 1. The van der Waals surface area contributed by atoms with Gasteiger partial charge in [-0.25, -0.2) is 0 Å². The molecule has 0 aliphatic rings. The van der Waals surface area contributed by atoms with E-state index in [4.69, 9.17) is 8.92 Å². The molecule has 0 radical (unpaired) electrons. The minimum atomic E-state index is -4.78. The molecule has 6 nitrogen and oxygen atoms in total. The highest BCUT2D eigenvalue weighted by Gasteiger charge is 2.33. The van der Waals surface area contributed by atoms with Crippen LogP contribution in [0.15, 0.2) is 71.6 Å². The van der Waals surface area contributed by atoms with E-state index in [-0.39, 0.29) is 36.1 Å². The molecule has 0 heterocycles. The first-order valence-corrected chi connectivity index (χ1v) is 13.2. The molecule has 0 unspecified atom stereocenters. The largest absolute Gasteiger partial charge is 0.493 e. The van der Waals surface area contributed by atoms with Crippen LogP contribution in [0.1, 0.15) is 40.9 Å². The molecule has 3 aromatic carbocycles. The van der Waals surface area contributed by atoms with Crippen LogP contribution >= 0.6 is 0 Å². The van der Waals surface area contributed by atoms with E-state index in [9.17, 15) is 39.6 Å². The maximum absolute atomic E-state index is 13.2. The van der Waals surface area contributed by atoms with Crippen molar-refractivity contribution < 1.29 is 48.5 Å². The summed E-state index contributed by atoms with van der Waals surface area (Å²) in [7, 11) is -3.49. The molecule has 0 saturated carbocycles. The first-order valence-electron chi connectivity index (χ1n) is 11.8. The lowest BCUT2D eigenvalue weighted by Crippen LogP contribution is -2.33. The number of halogens is 6. The molecule has 0 aliphatic carbocycles. The first kappa shape index (κ1) is 30.8. The van der Waals surface area contributed by atoms with E-state index in [1.54, 1.807) is 0 Å². The summed E-state index contributed by atoms with van der Waals surface area (Å²) in [6.45, 7) is 3.79. The van der Waals surface area contributed by atoms with Crippen molar-refractivity contribution in [3.8, 4) is 11.5 Å². The fourth-order valence-corrected chi connectivity index (χ4v) is 4.72. The fourth-order valence-electron chi connectivity index (χ4n) is 3.74. The van der Waals surface area contributed by atoms with Crippen molar-refractivity contribution in [1.82, 2.24) is 4.90 Å². The second kappa shape index (κ2) is 11.8. The highest BCUT2D eigenvalue weighted by molar-refractivity contribution is 7.87. The van der Waals surface area contributed by atoms with Crippen molar-refractivity contribution in [3.63, 3.8) is 0 Å². The smallest absolute Gasteiger partial charge is 0.416 e. The summed E-state index contributed by atoms with van der Waals surface area (Å²) in [5.74, 6) is -0.960. The number of carbonyl (C=O) groups excluding carboxylic acids is 1. The zero-order valence-corrected chi connectivity index (χ0v) is 22.3. The average Bonchev–Trinajstić information content (AvgIpc) is 2.87.